The summed E-state index contributed by atoms with van der Waals surface area (Å²) in [7, 11) is 0. The Hall–Kier alpha value is -1.11. The molecule has 0 aliphatic rings. The number of carbonyl (C=O) groups is 2. The van der Waals surface area contributed by atoms with Gasteiger partial charge >= 0.3 is 0 Å². The van der Waals surface area contributed by atoms with E-state index in [0.29, 0.717) is 44.4 Å². The lowest BCUT2D eigenvalue weighted by Crippen LogP contribution is -2.49. The molecule has 2 rings (SSSR count). The molecule has 0 saturated carbocycles. The van der Waals surface area contributed by atoms with Crippen LogP contribution < -0.4 is 5.32 Å². The summed E-state index contributed by atoms with van der Waals surface area (Å²) in [5.74, 6) is 0.227. The van der Waals surface area contributed by atoms with Gasteiger partial charge in [0.25, 0.3) is 0 Å². The maximum absolute atomic E-state index is 13.2. The molecule has 0 unspecified atom stereocenters. The molecular weight excluding hydrogens is 498 g/mol. The molecule has 2 amide bonds. The van der Waals surface area contributed by atoms with E-state index in [-0.39, 0.29) is 24.1 Å². The molecule has 0 aliphatic heterocycles. The monoisotopic (exact) mass is 520 g/mol. The lowest BCUT2D eigenvalue weighted by Gasteiger charge is -2.31. The van der Waals surface area contributed by atoms with E-state index in [1.54, 1.807) is 41.3 Å². The van der Waals surface area contributed by atoms with Crippen LogP contribution in [0.3, 0.4) is 0 Å². The van der Waals surface area contributed by atoms with Crippen LogP contribution in [0.4, 0.5) is 0 Å². The number of likely N-dealkylation sites (N-methyl/N-ethyl adjacent to an activating group) is 1. The topological polar surface area (TPSA) is 49.4 Å². The fourth-order valence-electron chi connectivity index (χ4n) is 3.06. The number of amides is 2. The summed E-state index contributed by atoms with van der Waals surface area (Å²) in [6, 6.07) is 9.84. The van der Waals surface area contributed by atoms with Crippen molar-refractivity contribution in [1.29, 1.82) is 0 Å². The van der Waals surface area contributed by atoms with E-state index in [9.17, 15) is 9.59 Å². The number of halogens is 4. The van der Waals surface area contributed by atoms with Gasteiger partial charge < -0.3 is 10.2 Å². The summed E-state index contributed by atoms with van der Waals surface area (Å²) in [5.41, 5.74) is 1.39. The Labute approximate surface area is 207 Å². The van der Waals surface area contributed by atoms with Crippen molar-refractivity contribution in [2.45, 2.75) is 38.6 Å². The van der Waals surface area contributed by atoms with Gasteiger partial charge in [0.1, 0.15) is 6.04 Å². The highest BCUT2D eigenvalue weighted by atomic mass is 35.5. The van der Waals surface area contributed by atoms with Crippen molar-refractivity contribution in [1.82, 2.24) is 10.2 Å². The normalized spacial score (nSPS) is 11.8. The maximum Gasteiger partial charge on any atom is 0.242 e. The van der Waals surface area contributed by atoms with Gasteiger partial charge in [0.15, 0.2) is 0 Å². The second-order valence-electron chi connectivity index (χ2n) is 6.73. The molecule has 2 aromatic rings. The van der Waals surface area contributed by atoms with Gasteiger partial charge in [0.2, 0.25) is 11.8 Å². The van der Waals surface area contributed by atoms with E-state index in [1.807, 2.05) is 13.8 Å². The van der Waals surface area contributed by atoms with Gasteiger partial charge in [0.05, 0.1) is 5.75 Å². The molecule has 0 saturated heterocycles. The first-order valence-corrected chi connectivity index (χ1v) is 12.5. The largest absolute Gasteiger partial charge is 0.355 e. The van der Waals surface area contributed by atoms with Gasteiger partial charge in [-0.05, 0) is 43.2 Å². The number of nitrogens with one attached hydrogen (secondary N) is 1. The van der Waals surface area contributed by atoms with Crippen LogP contribution in [-0.2, 0) is 21.9 Å². The third-order valence-corrected chi connectivity index (χ3v) is 7.02. The molecule has 0 spiro atoms. The molecule has 31 heavy (non-hydrogen) atoms. The van der Waals surface area contributed by atoms with Gasteiger partial charge in [-0.25, -0.2) is 0 Å². The van der Waals surface area contributed by atoms with Crippen LogP contribution in [-0.4, -0.2) is 35.1 Å². The van der Waals surface area contributed by atoms with E-state index in [1.165, 1.54) is 11.8 Å². The molecule has 4 nitrogen and oxygen atoms in total. The Kier molecular flexibility index (Phi) is 10.8. The molecule has 1 atom stereocenters. The third-order valence-electron chi connectivity index (χ3n) is 4.66. The van der Waals surface area contributed by atoms with E-state index < -0.39 is 6.04 Å². The van der Waals surface area contributed by atoms with Crippen molar-refractivity contribution in [3.05, 3.63) is 67.6 Å². The first-order chi connectivity index (χ1) is 14.8. The molecule has 168 valence electrons. The number of hydrogen-bond acceptors (Lipinski definition) is 3. The van der Waals surface area contributed by atoms with E-state index in [4.69, 9.17) is 46.4 Å². The Morgan fingerprint density at radius 1 is 0.935 bits per heavy atom. The smallest absolute Gasteiger partial charge is 0.242 e. The summed E-state index contributed by atoms with van der Waals surface area (Å²) in [4.78, 5) is 27.4. The highest BCUT2D eigenvalue weighted by Gasteiger charge is 2.29. The first-order valence-electron chi connectivity index (χ1n) is 9.80. The summed E-state index contributed by atoms with van der Waals surface area (Å²) in [5, 5.41) is 4.82. The summed E-state index contributed by atoms with van der Waals surface area (Å²) in [6.45, 7) is 4.32. The van der Waals surface area contributed by atoms with Gasteiger partial charge in [-0.15, -0.1) is 11.8 Å². The van der Waals surface area contributed by atoms with Crippen molar-refractivity contribution in [2.24, 2.45) is 0 Å². The minimum absolute atomic E-state index is 0.139. The van der Waals surface area contributed by atoms with Crippen molar-refractivity contribution in [3.63, 3.8) is 0 Å². The van der Waals surface area contributed by atoms with Crippen molar-refractivity contribution >= 4 is 70.0 Å². The van der Waals surface area contributed by atoms with Crippen LogP contribution in [0.15, 0.2) is 36.4 Å². The molecule has 9 heteroatoms. The van der Waals surface area contributed by atoms with Crippen LogP contribution in [0.25, 0.3) is 0 Å². The number of hydrogen-bond donors (Lipinski definition) is 1. The Balaban J connectivity index is 2.22. The molecule has 1 N–H and O–H groups in total. The molecule has 0 aromatic heterocycles. The average molecular weight is 522 g/mol. The Morgan fingerprint density at radius 3 is 1.94 bits per heavy atom. The van der Waals surface area contributed by atoms with Crippen molar-refractivity contribution in [3.8, 4) is 0 Å². The lowest BCUT2D eigenvalue weighted by atomic mass is 10.1. The number of benzene rings is 2. The number of thioether (sulfide) groups is 1. The Bertz CT molecular complexity index is 886. The van der Waals surface area contributed by atoms with Crippen molar-refractivity contribution < 1.29 is 9.59 Å². The van der Waals surface area contributed by atoms with E-state index in [2.05, 4.69) is 5.32 Å². The van der Waals surface area contributed by atoms with Gasteiger partial charge in [-0.2, -0.15) is 0 Å². The van der Waals surface area contributed by atoms with Gasteiger partial charge in [-0.1, -0.05) is 65.5 Å². The van der Waals surface area contributed by atoms with Crippen LogP contribution in [0, 0.1) is 0 Å². The highest BCUT2D eigenvalue weighted by molar-refractivity contribution is 7.99. The van der Waals surface area contributed by atoms with Crippen LogP contribution >= 0.6 is 58.2 Å². The zero-order valence-corrected chi connectivity index (χ0v) is 21.1. The third kappa shape index (κ3) is 7.19. The SMILES string of the molecule is CCNC(=O)[C@H](CC)N(Cc1c(Cl)cccc1Cl)C(=O)CSCc1c(Cl)cccc1Cl. The van der Waals surface area contributed by atoms with Crippen LogP contribution in [0.2, 0.25) is 20.1 Å². The number of carbonyl (C=O) groups excluding carboxylic acids is 2. The zero-order valence-electron chi connectivity index (χ0n) is 17.3. The summed E-state index contributed by atoms with van der Waals surface area (Å²) in [6.07, 6.45) is 0.459. The predicted octanol–water partition coefficient (Wildman–Crippen LogP) is 6.48. The average Bonchev–Trinajstić information content (AvgIpc) is 2.72. The van der Waals surface area contributed by atoms with Crippen molar-refractivity contribution in [2.75, 3.05) is 12.3 Å². The van der Waals surface area contributed by atoms with Crippen LogP contribution in [0.1, 0.15) is 31.4 Å². The molecule has 0 heterocycles. The minimum atomic E-state index is -0.635. The fourth-order valence-corrected chi connectivity index (χ4v) is 5.22. The Morgan fingerprint density at radius 2 is 1.45 bits per heavy atom. The molecule has 0 bridgehead atoms. The number of rotatable bonds is 10. The van der Waals surface area contributed by atoms with Crippen LogP contribution in [0.5, 0.6) is 0 Å². The zero-order chi connectivity index (χ0) is 23.0. The predicted molar refractivity (Wildman–Crippen MR) is 132 cm³/mol. The lowest BCUT2D eigenvalue weighted by molar-refractivity contribution is -0.139. The number of nitrogens with zero attached hydrogens (tertiary/aromatic N) is 1. The summed E-state index contributed by atoms with van der Waals surface area (Å²) < 4.78 is 0. The molecule has 0 aliphatic carbocycles. The summed E-state index contributed by atoms with van der Waals surface area (Å²) >= 11 is 26.5. The first kappa shape index (κ1) is 26.1. The fraction of sp³-hybridized carbons (Fsp3) is 0.364. The standard InChI is InChI=1S/C22H24Cl4N2O2S/c1-3-20(22(30)27-4-2)28(11-14-16(23)7-5-8-17(14)24)21(29)13-31-12-15-18(25)9-6-10-19(15)26/h5-10,20H,3-4,11-13H2,1-2H3,(H,27,30)/t20-/m0/s1. The molecule has 0 radical (unpaired) electrons. The molecule has 2 aromatic carbocycles. The second kappa shape index (κ2) is 12.8. The second-order valence-corrected chi connectivity index (χ2v) is 9.35. The minimum Gasteiger partial charge on any atom is -0.355 e. The van der Waals surface area contributed by atoms with Gasteiger partial charge in [0, 0.05) is 44.5 Å². The quantitative estimate of drug-likeness (QED) is 0.389. The highest BCUT2D eigenvalue weighted by Crippen LogP contribution is 2.30. The van der Waals surface area contributed by atoms with E-state index >= 15 is 0 Å². The maximum atomic E-state index is 13.2. The molecular formula is C22H24Cl4N2O2S. The molecule has 0 fully saturated rings. The van der Waals surface area contributed by atoms with Gasteiger partial charge in [-0.3, -0.25) is 9.59 Å². The van der Waals surface area contributed by atoms with E-state index in [0.717, 1.165) is 5.56 Å².